The van der Waals surface area contributed by atoms with E-state index in [0.29, 0.717) is 41.9 Å². The number of H-pyrrole nitrogens is 1. The molecular weight excluding hydrogens is 393 g/mol. The number of fused-ring (bicyclic) bond motifs is 3. The Kier molecular flexibility index (Phi) is 4.69. The lowest BCUT2D eigenvalue weighted by Crippen LogP contribution is -2.51. The van der Waals surface area contributed by atoms with E-state index in [1.54, 1.807) is 18.6 Å². The number of alkyl halides is 3. The van der Waals surface area contributed by atoms with Gasteiger partial charge in [-0.1, -0.05) is 11.6 Å². The summed E-state index contributed by atoms with van der Waals surface area (Å²) in [6, 6.07) is 4.04. The van der Waals surface area contributed by atoms with Crippen molar-refractivity contribution >= 4 is 22.4 Å². The van der Waals surface area contributed by atoms with Gasteiger partial charge in [-0.05, 0) is 42.0 Å². The highest BCUT2D eigenvalue weighted by Gasteiger charge is 2.32. The standard InChI is InChI=1S/C21H21F3N6/c22-21(23,24)6-12-2-1-3-15-16(4-5-18-17(15)11-28-30-18)19(12)13-7-26-20(27-8-13)29-14-9-25-10-14/h4-5,7-8,11,14,25H,1-3,6,9-10H2,(H,28,30)(H,26,27,29). The molecule has 0 radical (unpaired) electrons. The average molecular weight is 414 g/mol. The maximum atomic E-state index is 13.4. The van der Waals surface area contributed by atoms with Crippen LogP contribution in [0.5, 0.6) is 0 Å². The fourth-order valence-corrected chi connectivity index (χ4v) is 4.26. The maximum absolute atomic E-state index is 13.4. The zero-order valence-electron chi connectivity index (χ0n) is 16.2. The topological polar surface area (TPSA) is 78.5 Å². The number of hydrogen-bond acceptors (Lipinski definition) is 5. The summed E-state index contributed by atoms with van der Waals surface area (Å²) < 4.78 is 40.2. The van der Waals surface area contributed by atoms with Crippen molar-refractivity contribution < 1.29 is 13.2 Å². The van der Waals surface area contributed by atoms with Crippen molar-refractivity contribution in [2.75, 3.05) is 18.4 Å². The van der Waals surface area contributed by atoms with E-state index < -0.39 is 12.6 Å². The number of aryl methyl sites for hydroxylation is 1. The van der Waals surface area contributed by atoms with Crippen LogP contribution < -0.4 is 10.6 Å². The molecule has 3 N–H and O–H groups in total. The Labute approximate surface area is 171 Å². The minimum absolute atomic E-state index is 0.281. The van der Waals surface area contributed by atoms with Gasteiger partial charge in [0.1, 0.15) is 0 Å². The lowest BCUT2D eigenvalue weighted by atomic mass is 9.90. The number of rotatable bonds is 4. The van der Waals surface area contributed by atoms with Crippen LogP contribution in [0.3, 0.4) is 0 Å². The van der Waals surface area contributed by atoms with Crippen LogP contribution in [-0.2, 0) is 6.42 Å². The van der Waals surface area contributed by atoms with Gasteiger partial charge in [-0.2, -0.15) is 18.3 Å². The molecule has 30 heavy (non-hydrogen) atoms. The molecule has 0 saturated carbocycles. The zero-order valence-corrected chi connectivity index (χ0v) is 16.2. The number of halogens is 3. The SMILES string of the molecule is FC(F)(F)CC1=C(c2cnc(NC3CNC3)nc2)c2ccc3[nH]ncc3c2CCC1. The van der Waals surface area contributed by atoms with Crippen LogP contribution in [-0.4, -0.2) is 45.5 Å². The van der Waals surface area contributed by atoms with Crippen LogP contribution in [0.25, 0.3) is 16.5 Å². The van der Waals surface area contributed by atoms with Gasteiger partial charge < -0.3 is 10.6 Å². The Hall–Kier alpha value is -2.94. The number of nitrogens with one attached hydrogen (secondary N) is 3. The number of anilines is 1. The summed E-state index contributed by atoms with van der Waals surface area (Å²) in [5.74, 6) is 0.488. The van der Waals surface area contributed by atoms with Crippen molar-refractivity contribution in [1.82, 2.24) is 25.5 Å². The van der Waals surface area contributed by atoms with Crippen molar-refractivity contribution in [2.24, 2.45) is 0 Å². The highest BCUT2D eigenvalue weighted by Crippen LogP contribution is 2.41. The molecule has 1 aromatic carbocycles. The lowest BCUT2D eigenvalue weighted by molar-refractivity contribution is -0.127. The fourth-order valence-electron chi connectivity index (χ4n) is 4.26. The smallest absolute Gasteiger partial charge is 0.349 e. The number of aromatic amines is 1. The Morgan fingerprint density at radius 1 is 1.07 bits per heavy atom. The molecule has 5 rings (SSSR count). The first kappa shape index (κ1) is 19.0. The van der Waals surface area contributed by atoms with E-state index in [1.807, 2.05) is 12.1 Å². The van der Waals surface area contributed by atoms with Crippen LogP contribution in [0.4, 0.5) is 19.1 Å². The molecule has 2 aliphatic rings. The molecule has 1 saturated heterocycles. The summed E-state index contributed by atoms with van der Waals surface area (Å²) >= 11 is 0. The highest BCUT2D eigenvalue weighted by molar-refractivity contribution is 5.92. The third-order valence-corrected chi connectivity index (χ3v) is 5.73. The number of nitrogens with zero attached hydrogens (tertiary/aromatic N) is 3. The predicted octanol–water partition coefficient (Wildman–Crippen LogP) is 3.83. The Balaban J connectivity index is 1.61. The molecule has 3 heterocycles. The van der Waals surface area contributed by atoms with Crippen LogP contribution in [0.1, 0.15) is 36.0 Å². The van der Waals surface area contributed by atoms with Gasteiger partial charge in [0.15, 0.2) is 0 Å². The van der Waals surface area contributed by atoms with E-state index in [-0.39, 0.29) is 6.04 Å². The third kappa shape index (κ3) is 3.65. The van der Waals surface area contributed by atoms with Gasteiger partial charge in [-0.15, -0.1) is 0 Å². The summed E-state index contributed by atoms with van der Waals surface area (Å²) in [5.41, 5.74) is 4.32. The molecule has 1 fully saturated rings. The first-order valence-electron chi connectivity index (χ1n) is 10.0. The van der Waals surface area contributed by atoms with Crippen molar-refractivity contribution in [2.45, 2.75) is 37.9 Å². The van der Waals surface area contributed by atoms with Gasteiger partial charge in [0, 0.05) is 36.4 Å². The first-order chi connectivity index (χ1) is 14.5. The number of hydrogen-bond donors (Lipinski definition) is 3. The molecule has 0 bridgehead atoms. The molecule has 0 spiro atoms. The zero-order chi connectivity index (χ0) is 20.7. The van der Waals surface area contributed by atoms with Crippen molar-refractivity contribution in [3.63, 3.8) is 0 Å². The Morgan fingerprint density at radius 3 is 2.57 bits per heavy atom. The molecule has 0 amide bonds. The second-order valence-electron chi connectivity index (χ2n) is 7.84. The number of allylic oxidation sites excluding steroid dienone is 1. The maximum Gasteiger partial charge on any atom is 0.392 e. The third-order valence-electron chi connectivity index (χ3n) is 5.73. The quantitative estimate of drug-likeness (QED) is 0.605. The van der Waals surface area contributed by atoms with Gasteiger partial charge in [0.05, 0.1) is 24.2 Å². The molecule has 3 aromatic rings. The monoisotopic (exact) mass is 414 g/mol. The molecule has 1 aliphatic carbocycles. The summed E-state index contributed by atoms with van der Waals surface area (Å²) in [4.78, 5) is 8.76. The second kappa shape index (κ2) is 7.39. The van der Waals surface area contributed by atoms with Gasteiger partial charge in [-0.3, -0.25) is 5.10 Å². The Morgan fingerprint density at radius 2 is 1.87 bits per heavy atom. The summed E-state index contributed by atoms with van der Waals surface area (Å²) in [7, 11) is 0. The van der Waals surface area contributed by atoms with Crippen molar-refractivity contribution in [1.29, 1.82) is 0 Å². The van der Waals surface area contributed by atoms with Crippen LogP contribution in [0.2, 0.25) is 0 Å². The Bertz CT molecular complexity index is 1100. The van der Waals surface area contributed by atoms with Gasteiger partial charge >= 0.3 is 6.18 Å². The van der Waals surface area contributed by atoms with E-state index in [4.69, 9.17) is 0 Å². The number of aromatic nitrogens is 4. The largest absolute Gasteiger partial charge is 0.392 e. The van der Waals surface area contributed by atoms with E-state index in [0.717, 1.165) is 35.1 Å². The van der Waals surface area contributed by atoms with Crippen molar-refractivity contribution in [3.05, 3.63) is 53.0 Å². The van der Waals surface area contributed by atoms with E-state index in [1.165, 1.54) is 0 Å². The molecule has 156 valence electrons. The van der Waals surface area contributed by atoms with Gasteiger partial charge in [0.25, 0.3) is 0 Å². The minimum Gasteiger partial charge on any atom is -0.349 e. The molecular formula is C21H21F3N6. The fraction of sp³-hybridized carbons (Fsp3) is 0.381. The lowest BCUT2D eigenvalue weighted by Gasteiger charge is -2.27. The number of benzene rings is 1. The summed E-state index contributed by atoms with van der Waals surface area (Å²) in [6.07, 6.45) is 1.54. The molecule has 9 heteroatoms. The molecule has 0 atom stereocenters. The summed E-state index contributed by atoms with van der Waals surface area (Å²) in [5, 5.41) is 14.4. The second-order valence-corrected chi connectivity index (χ2v) is 7.84. The van der Waals surface area contributed by atoms with Crippen molar-refractivity contribution in [3.8, 4) is 0 Å². The highest BCUT2D eigenvalue weighted by atomic mass is 19.4. The van der Waals surface area contributed by atoms with Crippen LogP contribution in [0, 0.1) is 0 Å². The van der Waals surface area contributed by atoms with Crippen LogP contribution in [0.15, 0.2) is 36.3 Å². The predicted molar refractivity (Wildman–Crippen MR) is 108 cm³/mol. The molecule has 1 aliphatic heterocycles. The van der Waals surface area contributed by atoms with E-state index in [2.05, 4.69) is 30.8 Å². The molecule has 6 nitrogen and oxygen atoms in total. The molecule has 0 unspecified atom stereocenters. The molecule has 2 aromatic heterocycles. The van der Waals surface area contributed by atoms with Gasteiger partial charge in [0.2, 0.25) is 5.95 Å². The normalized spacial score (nSPS) is 17.6. The van der Waals surface area contributed by atoms with Crippen LogP contribution >= 0.6 is 0 Å². The first-order valence-corrected chi connectivity index (χ1v) is 10.0. The van der Waals surface area contributed by atoms with Gasteiger partial charge in [-0.25, -0.2) is 9.97 Å². The van der Waals surface area contributed by atoms with E-state index >= 15 is 0 Å². The van der Waals surface area contributed by atoms with E-state index in [9.17, 15) is 13.2 Å². The minimum atomic E-state index is -4.27. The summed E-state index contributed by atoms with van der Waals surface area (Å²) in [6.45, 7) is 1.69. The average Bonchev–Trinajstić information content (AvgIpc) is 3.08.